The summed E-state index contributed by atoms with van der Waals surface area (Å²) in [7, 11) is 4.09. The third kappa shape index (κ3) is 15.2. The van der Waals surface area contributed by atoms with Crippen LogP contribution in [0.15, 0.2) is 341 Å². The van der Waals surface area contributed by atoms with E-state index in [9.17, 15) is 26.3 Å². The minimum absolute atomic E-state index is 0.741. The van der Waals surface area contributed by atoms with Crippen LogP contribution in [0.1, 0.15) is 90.1 Å². The van der Waals surface area contributed by atoms with Gasteiger partial charge in [-0.3, -0.25) is 29.9 Å². The average Bonchev–Trinajstić information content (AvgIpc) is 0.740. The van der Waals surface area contributed by atoms with Gasteiger partial charge < -0.3 is 57.7 Å². The molecule has 16 heterocycles. The Labute approximate surface area is 725 Å². The van der Waals surface area contributed by atoms with Crippen molar-refractivity contribution in [3.8, 4) is 92.0 Å². The zero-order chi connectivity index (χ0) is 87.9. The molecule has 0 saturated heterocycles. The minimum Gasteiger partial charge on any atom is -0.542 e. The Morgan fingerprint density at radius 2 is 0.375 bits per heavy atom. The number of aromatic nitrogens is 8. The molecule has 0 radical (unpaired) electrons. The summed E-state index contributed by atoms with van der Waals surface area (Å²) in [6.45, 7) is 0. The summed E-state index contributed by atoms with van der Waals surface area (Å²) < 4.78 is 117. The molecule has 20 nitrogen and oxygen atoms in total. The summed E-state index contributed by atoms with van der Waals surface area (Å²) >= 11 is 0. The molecule has 0 unspecified atom stereocenters. The van der Waals surface area contributed by atoms with Gasteiger partial charge in [-0.1, -0.05) is 146 Å². The largest absolute Gasteiger partial charge is 0.542 e. The monoisotopic (exact) mass is 1700 g/mol. The second-order valence-corrected chi connectivity index (χ2v) is 29.1. The van der Waals surface area contributed by atoms with E-state index in [0.29, 0.717) is 0 Å². The highest BCUT2D eigenvalue weighted by Crippen LogP contribution is 2.58. The Kier molecular flexibility index (Phi) is 21.1. The minimum atomic E-state index is -5.19. The predicted octanol–water partition coefficient (Wildman–Crippen LogP) is 20.2. The molecular formula is C102H62F6N8O12. The number of alkyl halides is 6. The first-order valence-corrected chi connectivity index (χ1v) is 39.7. The highest BCUT2D eigenvalue weighted by Gasteiger charge is 2.41. The van der Waals surface area contributed by atoms with Gasteiger partial charge in [-0.15, -0.1) is 0 Å². The number of halogens is 6. The summed E-state index contributed by atoms with van der Waals surface area (Å²) in [6.07, 6.45) is 4.50. The van der Waals surface area contributed by atoms with E-state index in [1.165, 1.54) is 0 Å². The van der Waals surface area contributed by atoms with Crippen LogP contribution in [0, 0.1) is 0 Å². The number of hydrogen-bond donors (Lipinski definition) is 0. The molecule has 0 fully saturated rings. The standard InChI is InChI=1S/2C25H17N2O2.2C24H14N2O2.2C2HF3O2/c2*1-27-15-7-13-21-25(27)23(17-9-3-5-11-19(17)29-21)22-16-8-2-4-10-18(16)28-20-12-6-14-26-24(20)22;2*1-3-9-17-15(7-1)21(23-19(27-17)11-5-13-25-23)22-16-8-2-4-10-18(16)28-20-12-6-14-26-24(20)22;2*3-2(4,5)1(6)7/h2*2-15H,1H3;2*1-14H;2*(H,6,7)/q2*+1;;;;/p-2/b23-22+;23-22-;22-21+;22-21-;;. The molecule has 0 spiro atoms. The number of rotatable bonds is 0. The summed E-state index contributed by atoms with van der Waals surface area (Å²) in [5.74, 6) is 6.74. The topological polar surface area (TPSA) is 239 Å². The summed E-state index contributed by atoms with van der Waals surface area (Å²) in [5, 5.41) is 17.6. The van der Waals surface area contributed by atoms with Crippen molar-refractivity contribution in [3.05, 3.63) is 431 Å². The Hall–Kier alpha value is -17.2. The van der Waals surface area contributed by atoms with Crippen molar-refractivity contribution in [2.75, 3.05) is 0 Å². The molecule has 624 valence electrons. The number of fused-ring (bicyclic) bond motifs is 16. The fourth-order valence-electron chi connectivity index (χ4n) is 16.0. The van der Waals surface area contributed by atoms with Crippen molar-refractivity contribution in [1.82, 2.24) is 29.9 Å². The predicted molar refractivity (Wildman–Crippen MR) is 455 cm³/mol. The molecule has 0 amide bonds. The lowest BCUT2D eigenvalue weighted by atomic mass is 9.86. The molecule has 0 aliphatic carbocycles. The van der Waals surface area contributed by atoms with Crippen molar-refractivity contribution in [3.63, 3.8) is 0 Å². The Morgan fingerprint density at radius 3 is 0.562 bits per heavy atom. The van der Waals surface area contributed by atoms with Crippen LogP contribution in [0.3, 0.4) is 0 Å². The first kappa shape index (κ1) is 80.6. The molecule has 0 saturated carbocycles. The molecule has 26 heteroatoms. The van der Waals surface area contributed by atoms with Crippen LogP contribution in [0.2, 0.25) is 0 Å². The summed E-state index contributed by atoms with van der Waals surface area (Å²) in [5.41, 5.74) is 23.4. The van der Waals surface area contributed by atoms with Gasteiger partial charge >= 0.3 is 12.4 Å². The quantitative estimate of drug-likeness (QED) is 0.101. The van der Waals surface area contributed by atoms with Crippen LogP contribution < -0.4 is 57.2 Å². The molecule has 8 aliphatic heterocycles. The van der Waals surface area contributed by atoms with Crippen molar-refractivity contribution in [1.29, 1.82) is 0 Å². The maximum atomic E-state index is 10.5. The van der Waals surface area contributed by atoms with Crippen LogP contribution in [-0.4, -0.2) is 54.2 Å². The zero-order valence-electron chi connectivity index (χ0n) is 67.1. The number of carboxylic acids is 2. The lowest BCUT2D eigenvalue weighted by molar-refractivity contribution is -0.674. The first-order chi connectivity index (χ1) is 62.3. The van der Waals surface area contributed by atoms with Crippen LogP contribution in [0.5, 0.6) is 92.0 Å². The maximum absolute atomic E-state index is 10.5. The molecule has 0 atom stereocenters. The van der Waals surface area contributed by atoms with Crippen LogP contribution >= 0.6 is 0 Å². The number of hydrogen-bond acceptors (Lipinski definition) is 18. The number of benzene rings is 8. The molecule has 24 rings (SSSR count). The van der Waals surface area contributed by atoms with Crippen molar-refractivity contribution < 1.29 is 93.2 Å². The van der Waals surface area contributed by atoms with Gasteiger partial charge in [0.2, 0.25) is 0 Å². The molecule has 16 aromatic rings. The van der Waals surface area contributed by atoms with Crippen molar-refractivity contribution in [2.45, 2.75) is 12.4 Å². The van der Waals surface area contributed by atoms with Gasteiger partial charge in [0.1, 0.15) is 106 Å². The molecule has 128 heavy (non-hydrogen) atoms. The van der Waals surface area contributed by atoms with E-state index in [2.05, 4.69) is 77.6 Å². The van der Waals surface area contributed by atoms with E-state index in [0.717, 1.165) is 227 Å². The fraction of sp³-hybridized carbons (Fsp3) is 0.0392. The SMILES string of the molecule is C[n+]1cccc2c1/C(=C1/c3ccccc3Oc3cccnc31)c1ccccc1O2.C[n+]1cccc2c1/C(=C1\c3ccccc3Oc3cccnc31)c1ccccc1O2.O=C([O-])C(F)(F)F.O=C([O-])C(F)(F)F.c1ccc2c(c1)Oc1cccnc1/C2=C1/c2ccccc2Oc2cccnc21.c1ccc2c(c1)Oc1cccnc1/C2=C1\c2ccccc2Oc2cccnc21. The number of pyridine rings is 8. The van der Waals surface area contributed by atoms with Gasteiger partial charge in [0.15, 0.2) is 58.4 Å². The number of carboxylic acid groups (broad SMARTS) is 2. The lowest BCUT2D eigenvalue weighted by Gasteiger charge is -2.28. The van der Waals surface area contributed by atoms with Crippen molar-refractivity contribution in [2.24, 2.45) is 14.1 Å². The fourth-order valence-corrected chi connectivity index (χ4v) is 16.0. The number of aryl methyl sites for hydroxylation is 2. The third-order valence-corrected chi connectivity index (χ3v) is 21.3. The highest BCUT2D eigenvalue weighted by atomic mass is 19.4. The first-order valence-electron chi connectivity index (χ1n) is 39.7. The van der Waals surface area contributed by atoms with Gasteiger partial charge in [0.05, 0.1) is 11.1 Å². The molecule has 8 aromatic carbocycles. The van der Waals surface area contributed by atoms with E-state index in [1.807, 2.05) is 282 Å². The third-order valence-electron chi connectivity index (χ3n) is 21.3. The highest BCUT2D eigenvalue weighted by molar-refractivity contribution is 6.12. The number of carbonyl (C=O) groups is 2. The van der Waals surface area contributed by atoms with E-state index in [4.69, 9.17) is 67.7 Å². The summed E-state index contributed by atoms with van der Waals surface area (Å²) in [4.78, 5) is 45.7. The second kappa shape index (κ2) is 33.6. The molecule has 0 N–H and O–H groups in total. The van der Waals surface area contributed by atoms with E-state index >= 15 is 0 Å². The average molecular weight is 1710 g/mol. The van der Waals surface area contributed by atoms with Gasteiger partial charge in [-0.05, 0) is 133 Å². The number of ether oxygens (including phenoxy) is 8. The van der Waals surface area contributed by atoms with Gasteiger partial charge in [-0.25, -0.2) is 0 Å². The number of carbonyl (C=O) groups excluding carboxylic acids is 2. The normalized spacial score (nSPS) is 15.4. The van der Waals surface area contributed by atoms with E-state index in [-0.39, 0.29) is 0 Å². The smallest absolute Gasteiger partial charge is 0.430 e. The number of aliphatic carboxylic acids is 2. The van der Waals surface area contributed by atoms with Gasteiger partial charge in [0, 0.05) is 127 Å². The van der Waals surface area contributed by atoms with Crippen molar-refractivity contribution >= 4 is 56.5 Å². The number of para-hydroxylation sites is 8. The number of nitrogens with zero attached hydrogens (tertiary/aromatic N) is 8. The Morgan fingerprint density at radius 1 is 0.227 bits per heavy atom. The molecule has 8 aromatic heterocycles. The van der Waals surface area contributed by atoms with Gasteiger partial charge in [-0.2, -0.15) is 35.5 Å². The van der Waals surface area contributed by atoms with E-state index in [1.54, 1.807) is 24.8 Å². The summed E-state index contributed by atoms with van der Waals surface area (Å²) in [6, 6.07) is 95.8. The maximum Gasteiger partial charge on any atom is 0.430 e. The lowest BCUT2D eigenvalue weighted by Crippen LogP contribution is -2.37. The Bertz CT molecular complexity index is 6420. The molecular weight excluding hydrogens is 1640 g/mol. The molecule has 0 bridgehead atoms. The Balaban J connectivity index is 0.000000106. The second-order valence-electron chi connectivity index (χ2n) is 29.1. The van der Waals surface area contributed by atoms with Crippen LogP contribution in [-0.2, 0) is 23.7 Å². The van der Waals surface area contributed by atoms with Gasteiger partial charge in [0.25, 0.3) is 11.4 Å². The van der Waals surface area contributed by atoms with E-state index < -0.39 is 24.3 Å². The van der Waals surface area contributed by atoms with Crippen LogP contribution in [0.25, 0.3) is 44.6 Å². The molecule has 8 aliphatic rings. The van der Waals surface area contributed by atoms with Crippen LogP contribution in [0.4, 0.5) is 26.3 Å². The zero-order valence-corrected chi connectivity index (χ0v) is 67.1.